The number of carboxylic acid groups (broad SMARTS) is 1. The van der Waals surface area contributed by atoms with E-state index >= 15 is 0 Å². The monoisotopic (exact) mass is 244 g/mol. The third-order valence-corrected chi connectivity index (χ3v) is 3.24. The van der Waals surface area contributed by atoms with E-state index in [1.807, 2.05) is 0 Å². The van der Waals surface area contributed by atoms with Crippen LogP contribution in [0, 0.1) is 6.92 Å². The molecule has 2 nitrogen and oxygen atoms in total. The highest BCUT2D eigenvalue weighted by molar-refractivity contribution is 5.85. The van der Waals surface area contributed by atoms with Gasteiger partial charge in [-0.1, -0.05) is 12.1 Å². The number of carboxylic acids is 1. The van der Waals surface area contributed by atoms with Crippen LogP contribution in [-0.4, -0.2) is 11.1 Å². The molecule has 0 amide bonds. The molecule has 5 heteroatoms. The molecular formula is C12H11F3O2. The highest BCUT2D eigenvalue weighted by atomic mass is 19.4. The van der Waals surface area contributed by atoms with Gasteiger partial charge in [-0.15, -0.1) is 0 Å². The first-order valence-corrected chi connectivity index (χ1v) is 5.19. The molecule has 1 aliphatic carbocycles. The Morgan fingerprint density at radius 3 is 2.29 bits per heavy atom. The lowest BCUT2D eigenvalue weighted by molar-refractivity contribution is -0.140. The van der Waals surface area contributed by atoms with E-state index in [0.717, 1.165) is 6.07 Å². The Labute approximate surface area is 96.1 Å². The standard InChI is InChI=1S/C12H11F3O2/c1-7-6-8(11(4-5-11)10(16)17)2-3-9(7)12(13,14)15/h2-3,6H,4-5H2,1H3,(H,16,17). The second kappa shape index (κ2) is 3.48. The van der Waals surface area contributed by atoms with Crippen LogP contribution in [0.15, 0.2) is 18.2 Å². The zero-order valence-electron chi connectivity index (χ0n) is 9.14. The van der Waals surface area contributed by atoms with E-state index in [9.17, 15) is 18.0 Å². The summed E-state index contributed by atoms with van der Waals surface area (Å²) < 4.78 is 37.6. The lowest BCUT2D eigenvalue weighted by Gasteiger charge is -2.15. The number of aliphatic carboxylic acids is 1. The van der Waals surface area contributed by atoms with Crippen molar-refractivity contribution >= 4 is 5.97 Å². The number of alkyl halides is 3. The van der Waals surface area contributed by atoms with Crippen molar-refractivity contribution in [2.75, 3.05) is 0 Å². The minimum absolute atomic E-state index is 0.0718. The second-order valence-corrected chi connectivity index (χ2v) is 4.41. The van der Waals surface area contributed by atoms with Gasteiger partial charge in [0.1, 0.15) is 0 Å². The molecule has 0 atom stereocenters. The maximum Gasteiger partial charge on any atom is 0.416 e. The first-order chi connectivity index (χ1) is 7.77. The largest absolute Gasteiger partial charge is 0.481 e. The van der Waals surface area contributed by atoms with Crippen LogP contribution in [0.3, 0.4) is 0 Å². The summed E-state index contributed by atoms with van der Waals surface area (Å²) in [6.07, 6.45) is -3.40. The molecule has 2 rings (SSSR count). The summed E-state index contributed by atoms with van der Waals surface area (Å²) >= 11 is 0. The fraction of sp³-hybridized carbons (Fsp3) is 0.417. The molecule has 0 heterocycles. The molecule has 1 saturated carbocycles. The fourth-order valence-electron chi connectivity index (χ4n) is 2.03. The third-order valence-electron chi connectivity index (χ3n) is 3.24. The number of benzene rings is 1. The zero-order valence-corrected chi connectivity index (χ0v) is 9.14. The summed E-state index contributed by atoms with van der Waals surface area (Å²) in [5, 5.41) is 9.06. The average molecular weight is 244 g/mol. The van der Waals surface area contributed by atoms with Gasteiger partial charge in [-0.05, 0) is 37.0 Å². The maximum atomic E-state index is 12.5. The molecule has 0 spiro atoms. The SMILES string of the molecule is Cc1cc(C2(C(=O)O)CC2)ccc1C(F)(F)F. The van der Waals surface area contributed by atoms with Gasteiger partial charge in [-0.2, -0.15) is 13.2 Å². The van der Waals surface area contributed by atoms with Gasteiger partial charge in [0.15, 0.2) is 0 Å². The topological polar surface area (TPSA) is 37.3 Å². The smallest absolute Gasteiger partial charge is 0.416 e. The number of rotatable bonds is 2. The Balaban J connectivity index is 2.42. The molecule has 1 aromatic carbocycles. The van der Waals surface area contributed by atoms with Crippen LogP contribution >= 0.6 is 0 Å². The van der Waals surface area contributed by atoms with Gasteiger partial charge in [0.05, 0.1) is 11.0 Å². The molecule has 0 unspecified atom stereocenters. The van der Waals surface area contributed by atoms with Gasteiger partial charge >= 0.3 is 12.1 Å². The van der Waals surface area contributed by atoms with Crippen molar-refractivity contribution in [3.05, 3.63) is 34.9 Å². The van der Waals surface area contributed by atoms with Crippen molar-refractivity contribution in [3.8, 4) is 0 Å². The number of hydrogen-bond acceptors (Lipinski definition) is 1. The van der Waals surface area contributed by atoms with Gasteiger partial charge in [-0.25, -0.2) is 0 Å². The molecule has 17 heavy (non-hydrogen) atoms. The molecular weight excluding hydrogens is 233 g/mol. The van der Waals surface area contributed by atoms with Gasteiger partial charge in [0.2, 0.25) is 0 Å². The van der Waals surface area contributed by atoms with Crippen molar-refractivity contribution in [2.45, 2.75) is 31.4 Å². The van der Waals surface area contributed by atoms with Crippen LogP contribution in [0.2, 0.25) is 0 Å². The van der Waals surface area contributed by atoms with Crippen LogP contribution in [0.1, 0.15) is 29.5 Å². The van der Waals surface area contributed by atoms with Crippen LogP contribution in [-0.2, 0) is 16.4 Å². The van der Waals surface area contributed by atoms with Crippen molar-refractivity contribution in [1.29, 1.82) is 0 Å². The first kappa shape index (κ1) is 12.0. The minimum Gasteiger partial charge on any atom is -0.481 e. The highest BCUT2D eigenvalue weighted by Gasteiger charge is 2.52. The van der Waals surface area contributed by atoms with Crippen LogP contribution in [0.5, 0.6) is 0 Å². The first-order valence-electron chi connectivity index (χ1n) is 5.19. The van der Waals surface area contributed by atoms with Gasteiger partial charge in [0.25, 0.3) is 0 Å². The summed E-state index contributed by atoms with van der Waals surface area (Å²) in [5.41, 5.74) is -1.12. The van der Waals surface area contributed by atoms with E-state index in [-0.39, 0.29) is 5.56 Å². The molecule has 0 saturated heterocycles. The van der Waals surface area contributed by atoms with Crippen molar-refractivity contribution in [1.82, 2.24) is 0 Å². The lowest BCUT2D eigenvalue weighted by atomic mass is 9.92. The predicted molar refractivity (Wildman–Crippen MR) is 54.7 cm³/mol. The molecule has 0 bridgehead atoms. The van der Waals surface area contributed by atoms with Crippen LogP contribution in [0.4, 0.5) is 13.2 Å². The lowest BCUT2D eigenvalue weighted by Crippen LogP contribution is -2.20. The number of aryl methyl sites for hydroxylation is 1. The molecule has 0 radical (unpaired) electrons. The molecule has 1 fully saturated rings. The maximum absolute atomic E-state index is 12.5. The summed E-state index contributed by atoms with van der Waals surface area (Å²) in [5.74, 6) is -0.961. The van der Waals surface area contributed by atoms with Gasteiger partial charge in [0, 0.05) is 0 Å². The highest BCUT2D eigenvalue weighted by Crippen LogP contribution is 2.49. The Bertz CT molecular complexity index is 473. The zero-order chi connectivity index (χ0) is 12.8. The Morgan fingerprint density at radius 1 is 1.35 bits per heavy atom. The number of hydrogen-bond donors (Lipinski definition) is 1. The molecule has 0 aromatic heterocycles. The second-order valence-electron chi connectivity index (χ2n) is 4.41. The Morgan fingerprint density at radius 2 is 1.94 bits per heavy atom. The van der Waals surface area contributed by atoms with Crippen molar-refractivity contribution in [3.63, 3.8) is 0 Å². The van der Waals surface area contributed by atoms with E-state index < -0.39 is 23.1 Å². The molecule has 1 N–H and O–H groups in total. The normalized spacial score (nSPS) is 17.9. The summed E-state index contributed by atoms with van der Waals surface area (Å²) in [7, 11) is 0. The predicted octanol–water partition coefficient (Wildman–Crippen LogP) is 3.13. The Hall–Kier alpha value is -1.52. The summed E-state index contributed by atoms with van der Waals surface area (Å²) in [6, 6.07) is 3.58. The quantitative estimate of drug-likeness (QED) is 0.867. The van der Waals surface area contributed by atoms with Crippen LogP contribution in [0.25, 0.3) is 0 Å². The van der Waals surface area contributed by atoms with E-state index in [2.05, 4.69) is 0 Å². The van der Waals surface area contributed by atoms with E-state index in [0.29, 0.717) is 18.4 Å². The Kier molecular flexibility index (Phi) is 2.45. The molecule has 92 valence electrons. The van der Waals surface area contributed by atoms with Gasteiger partial charge in [-0.3, -0.25) is 4.79 Å². The number of carbonyl (C=O) groups is 1. The molecule has 1 aliphatic rings. The molecule has 0 aliphatic heterocycles. The summed E-state index contributed by atoms with van der Waals surface area (Å²) in [4.78, 5) is 11.1. The fourth-order valence-corrected chi connectivity index (χ4v) is 2.03. The van der Waals surface area contributed by atoms with E-state index in [4.69, 9.17) is 5.11 Å². The van der Waals surface area contributed by atoms with Crippen LogP contribution < -0.4 is 0 Å². The average Bonchev–Trinajstić information content (AvgIpc) is 2.95. The number of halogens is 3. The van der Waals surface area contributed by atoms with Crippen molar-refractivity contribution < 1.29 is 23.1 Å². The van der Waals surface area contributed by atoms with E-state index in [1.165, 1.54) is 19.1 Å². The summed E-state index contributed by atoms with van der Waals surface area (Å²) in [6.45, 7) is 1.35. The molecule has 1 aromatic rings. The van der Waals surface area contributed by atoms with Crippen molar-refractivity contribution in [2.24, 2.45) is 0 Å². The van der Waals surface area contributed by atoms with E-state index in [1.54, 1.807) is 0 Å². The minimum atomic E-state index is -4.39. The van der Waals surface area contributed by atoms with Gasteiger partial charge < -0.3 is 5.11 Å². The third kappa shape index (κ3) is 1.90.